The third-order valence-corrected chi connectivity index (χ3v) is 9.06. The molecule has 0 atom stereocenters. The van der Waals surface area contributed by atoms with Crippen molar-refractivity contribution in [3.8, 4) is 16.9 Å². The average molecular weight is 778 g/mol. The van der Waals surface area contributed by atoms with E-state index in [2.05, 4.69) is 9.97 Å². The van der Waals surface area contributed by atoms with E-state index >= 15 is 0 Å². The molecule has 0 bridgehead atoms. The highest BCUT2D eigenvalue weighted by Crippen LogP contribution is 2.39. The Morgan fingerprint density at radius 2 is 1.18 bits per heavy atom. The molecule has 0 saturated carbocycles. The zero-order valence-corrected chi connectivity index (χ0v) is 28.8. The number of carbonyl (C=O) groups excluding carboxylic acids is 1. The van der Waals surface area contributed by atoms with Crippen molar-refractivity contribution in [2.24, 2.45) is 0 Å². The second-order valence-corrected chi connectivity index (χ2v) is 11.9. The number of benzene rings is 2. The minimum atomic E-state index is -1.14. The van der Waals surface area contributed by atoms with Gasteiger partial charge in [0.25, 0.3) is 5.56 Å². The number of pyridine rings is 1. The number of allylic oxidation sites excluding steroid dienone is 1. The van der Waals surface area contributed by atoms with Crippen LogP contribution in [0, 0.1) is 34.9 Å². The van der Waals surface area contributed by atoms with Crippen molar-refractivity contribution in [3.63, 3.8) is 0 Å². The van der Waals surface area contributed by atoms with E-state index in [4.69, 9.17) is 46.4 Å². The lowest BCUT2D eigenvalue weighted by Gasteiger charge is -2.32. The quantitative estimate of drug-likeness (QED) is 0.161. The molecule has 1 aliphatic heterocycles. The molecule has 0 aliphatic carbocycles. The van der Waals surface area contributed by atoms with Gasteiger partial charge in [0.05, 0.1) is 33.9 Å². The molecule has 0 unspecified atom stereocenters. The summed E-state index contributed by atoms with van der Waals surface area (Å²) in [5, 5.41) is 0.0741. The predicted octanol–water partition coefficient (Wildman–Crippen LogP) is 9.02. The maximum atomic E-state index is 14.4. The third kappa shape index (κ3) is 6.89. The molecule has 5 aromatic rings. The summed E-state index contributed by atoms with van der Waals surface area (Å²) in [5.74, 6) is -6.92. The summed E-state index contributed by atoms with van der Waals surface area (Å²) in [7, 11) is 0. The molecule has 6 rings (SSSR count). The normalized spacial score (nSPS) is 13.2. The summed E-state index contributed by atoms with van der Waals surface area (Å²) >= 11 is 23.9. The highest BCUT2D eigenvalue weighted by atomic mass is 35.5. The van der Waals surface area contributed by atoms with Crippen LogP contribution in [0.1, 0.15) is 32.3 Å². The Balaban J connectivity index is 0.000000194. The molecule has 1 aliphatic rings. The number of hydrogen-bond donors (Lipinski definition) is 0. The van der Waals surface area contributed by atoms with Crippen molar-refractivity contribution >= 4 is 63.7 Å². The lowest BCUT2D eigenvalue weighted by atomic mass is 10.00. The average Bonchev–Trinajstić information content (AvgIpc) is 3.56. The molecule has 0 N–H and O–H groups in total. The van der Waals surface area contributed by atoms with Gasteiger partial charge in [0, 0.05) is 49.8 Å². The molecule has 0 spiro atoms. The van der Waals surface area contributed by atoms with Crippen LogP contribution in [0.3, 0.4) is 0 Å². The van der Waals surface area contributed by atoms with E-state index in [1.807, 2.05) is 0 Å². The summed E-state index contributed by atoms with van der Waals surface area (Å²) in [4.78, 5) is 33.3. The molecule has 3 aromatic heterocycles. The van der Waals surface area contributed by atoms with Crippen LogP contribution >= 0.6 is 46.4 Å². The number of halogens is 10. The Morgan fingerprint density at radius 3 is 1.64 bits per heavy atom. The van der Waals surface area contributed by atoms with Crippen molar-refractivity contribution in [1.29, 1.82) is 0 Å². The Labute approximate surface area is 299 Å². The maximum Gasteiger partial charge on any atom is 0.251 e. The summed E-state index contributed by atoms with van der Waals surface area (Å²) in [5.41, 5.74) is -1.09. The molecule has 8 nitrogen and oxygen atoms in total. The van der Waals surface area contributed by atoms with Crippen molar-refractivity contribution in [2.45, 2.75) is 33.2 Å². The largest absolute Gasteiger partial charge is 0.310 e. The number of rotatable bonds is 6. The van der Waals surface area contributed by atoms with Crippen molar-refractivity contribution in [1.82, 2.24) is 28.6 Å². The Kier molecular flexibility index (Phi) is 11.1. The minimum Gasteiger partial charge on any atom is -0.310 e. The van der Waals surface area contributed by atoms with Crippen LogP contribution in [-0.4, -0.2) is 41.0 Å². The summed E-state index contributed by atoms with van der Waals surface area (Å²) in [6.07, 6.45) is 2.87. The zero-order valence-electron chi connectivity index (χ0n) is 25.7. The van der Waals surface area contributed by atoms with E-state index in [9.17, 15) is 35.9 Å². The van der Waals surface area contributed by atoms with Crippen molar-refractivity contribution in [2.75, 3.05) is 6.54 Å². The topological polar surface area (TPSA) is 78.0 Å². The molecule has 0 saturated heterocycles. The Hall–Kier alpha value is -4.24. The first-order chi connectivity index (χ1) is 23.7. The number of amides is 1. The number of imidazole rings is 2. The minimum absolute atomic E-state index is 0.00662. The van der Waals surface area contributed by atoms with Crippen molar-refractivity contribution < 1.29 is 31.1 Å². The lowest BCUT2D eigenvalue weighted by Crippen LogP contribution is -2.34. The smallest absolute Gasteiger partial charge is 0.251 e. The fourth-order valence-electron chi connectivity index (χ4n) is 5.46. The van der Waals surface area contributed by atoms with Gasteiger partial charge in [-0.3, -0.25) is 18.7 Å². The molecule has 262 valence electrons. The second-order valence-electron chi connectivity index (χ2n) is 10.5. The van der Waals surface area contributed by atoms with Gasteiger partial charge in [-0.05, 0) is 26.3 Å². The van der Waals surface area contributed by atoms with Crippen LogP contribution in [0.2, 0.25) is 20.6 Å². The highest BCUT2D eigenvalue weighted by Gasteiger charge is 2.32. The van der Waals surface area contributed by atoms with E-state index in [-0.39, 0.29) is 69.5 Å². The first-order valence-corrected chi connectivity index (χ1v) is 16.1. The number of carbonyl (C=O) groups is 1. The predicted molar refractivity (Wildman–Crippen MR) is 177 cm³/mol. The van der Waals surface area contributed by atoms with Crippen LogP contribution in [0.5, 0.6) is 0 Å². The third-order valence-electron chi connectivity index (χ3n) is 7.59. The monoisotopic (exact) mass is 776 g/mol. The summed E-state index contributed by atoms with van der Waals surface area (Å²) in [6, 6.07) is 4.79. The van der Waals surface area contributed by atoms with Crippen LogP contribution in [0.4, 0.5) is 26.3 Å². The lowest BCUT2D eigenvalue weighted by molar-refractivity contribution is -0.128. The molecule has 0 fully saturated rings. The van der Waals surface area contributed by atoms with Gasteiger partial charge in [-0.25, -0.2) is 36.3 Å². The van der Waals surface area contributed by atoms with Crippen LogP contribution < -0.4 is 5.56 Å². The Morgan fingerprint density at radius 1 is 0.680 bits per heavy atom. The Bertz CT molecular complexity index is 2190. The summed E-state index contributed by atoms with van der Waals surface area (Å²) < 4.78 is 87.9. The molecule has 0 radical (unpaired) electrons. The standard InChI is InChI=1S/C16H12Cl2F3N3O.C16H10Cl2F3N3O/c2*1-2-23-12(25)4-3-11(24-7-22-15(17)16(24)18)14(23)13-9(20)5-8(19)6-10(13)21/h5-7H,2-4H2,1H3;3-7H,2H2,1H3. The van der Waals surface area contributed by atoms with Gasteiger partial charge >= 0.3 is 0 Å². The van der Waals surface area contributed by atoms with Crippen LogP contribution in [0.15, 0.2) is 53.8 Å². The van der Waals surface area contributed by atoms with E-state index in [1.54, 1.807) is 13.8 Å². The van der Waals surface area contributed by atoms with E-state index < -0.39 is 51.6 Å². The van der Waals surface area contributed by atoms with Crippen LogP contribution in [0.25, 0.3) is 28.3 Å². The fraction of sp³-hybridized carbons (Fsp3) is 0.188. The van der Waals surface area contributed by atoms with Gasteiger partial charge in [-0.1, -0.05) is 46.4 Å². The second kappa shape index (κ2) is 14.9. The molecule has 2 aromatic carbocycles. The van der Waals surface area contributed by atoms with Crippen molar-refractivity contribution in [3.05, 3.63) is 120 Å². The van der Waals surface area contributed by atoms with Gasteiger partial charge in [-0.15, -0.1) is 0 Å². The van der Waals surface area contributed by atoms with Gasteiger partial charge < -0.3 is 9.47 Å². The molecule has 18 heteroatoms. The SMILES string of the molecule is CCN1C(=O)CCC(n2cnc(Cl)c2Cl)=C1c1c(F)cc(F)cc1F.CCn1c(-c2c(F)cc(F)cc2F)c(-n2cnc(Cl)c2Cl)ccc1=O. The number of hydrogen-bond acceptors (Lipinski definition) is 4. The van der Waals surface area contributed by atoms with Gasteiger partial charge in [0.15, 0.2) is 20.6 Å². The first-order valence-electron chi connectivity index (χ1n) is 14.5. The number of aromatic nitrogens is 5. The van der Waals surface area contributed by atoms with E-state index in [0.717, 1.165) is 4.57 Å². The number of nitrogens with zero attached hydrogens (tertiary/aromatic N) is 6. The summed E-state index contributed by atoms with van der Waals surface area (Å²) in [6.45, 7) is 3.60. The molecule has 50 heavy (non-hydrogen) atoms. The molecule has 4 heterocycles. The first kappa shape index (κ1) is 37.0. The zero-order chi connectivity index (χ0) is 36.6. The van der Waals surface area contributed by atoms with Gasteiger partial charge in [0.2, 0.25) is 5.91 Å². The van der Waals surface area contributed by atoms with Gasteiger partial charge in [-0.2, -0.15) is 0 Å². The van der Waals surface area contributed by atoms with Gasteiger partial charge in [0.1, 0.15) is 47.6 Å². The van der Waals surface area contributed by atoms with Crippen LogP contribution in [-0.2, 0) is 11.3 Å². The molecular formula is C32H22Cl4F6N6O2. The highest BCUT2D eigenvalue weighted by molar-refractivity contribution is 6.41. The fourth-order valence-corrected chi connectivity index (χ4v) is 6.11. The molecule has 1 amide bonds. The van der Waals surface area contributed by atoms with E-state index in [0.29, 0.717) is 30.0 Å². The maximum absolute atomic E-state index is 14.4. The van der Waals surface area contributed by atoms with E-state index in [1.165, 1.54) is 38.8 Å². The molecular weight excluding hydrogens is 756 g/mol.